The molecule has 1 aromatic heterocycles. The molecule has 0 saturated heterocycles. The minimum Gasteiger partial charge on any atom is -0.383 e. The summed E-state index contributed by atoms with van der Waals surface area (Å²) in [4.78, 5) is 4.23. The summed E-state index contributed by atoms with van der Waals surface area (Å²) in [6, 6.07) is 0.00796. The summed E-state index contributed by atoms with van der Waals surface area (Å²) in [7, 11) is 1.63. The molecule has 7 nitrogen and oxygen atoms in total. The van der Waals surface area contributed by atoms with Crippen molar-refractivity contribution in [2.75, 3.05) is 20.3 Å². The average Bonchev–Trinajstić information content (AvgIpc) is 2.68. The summed E-state index contributed by atoms with van der Waals surface area (Å²) < 4.78 is 10.1. The van der Waals surface area contributed by atoms with Crippen molar-refractivity contribution in [3.8, 4) is 0 Å². The lowest BCUT2D eigenvalue weighted by Gasteiger charge is -2.16. The first kappa shape index (κ1) is 14.5. The molecule has 0 aliphatic heterocycles. The number of ether oxygens (including phenoxy) is 1. The van der Waals surface area contributed by atoms with Crippen molar-refractivity contribution < 1.29 is 9.26 Å². The minimum atomic E-state index is 0.00796. The fourth-order valence-corrected chi connectivity index (χ4v) is 1.77. The van der Waals surface area contributed by atoms with E-state index in [1.165, 1.54) is 0 Å². The molecule has 0 bridgehead atoms. The van der Waals surface area contributed by atoms with Gasteiger partial charge in [0.1, 0.15) is 5.76 Å². The zero-order valence-corrected chi connectivity index (χ0v) is 11.3. The van der Waals surface area contributed by atoms with Crippen LogP contribution in [-0.2, 0) is 4.74 Å². The van der Waals surface area contributed by atoms with Gasteiger partial charge in [-0.25, -0.2) is 10.8 Å². The van der Waals surface area contributed by atoms with Gasteiger partial charge in [-0.3, -0.25) is 5.43 Å². The third kappa shape index (κ3) is 3.71. The molecule has 7 heteroatoms. The number of hydrogen-bond donors (Lipinski definition) is 3. The maximum absolute atomic E-state index is 5.41. The van der Waals surface area contributed by atoms with Crippen LogP contribution in [0, 0.1) is 13.8 Å². The van der Waals surface area contributed by atoms with Crippen LogP contribution in [0.2, 0.25) is 0 Å². The number of aromatic nitrogens is 1. The fraction of sp³-hybridized carbons (Fsp3) is 0.636. The topological polar surface area (TPSA) is 97.7 Å². The highest BCUT2D eigenvalue weighted by Crippen LogP contribution is 2.20. The molecular weight excluding hydrogens is 234 g/mol. The molecule has 1 rings (SSSR count). The number of hydrogen-bond acceptors (Lipinski definition) is 5. The average molecular weight is 255 g/mol. The Bertz CT molecular complexity index is 383. The maximum Gasteiger partial charge on any atom is 0.206 e. The van der Waals surface area contributed by atoms with E-state index in [1.807, 2.05) is 20.8 Å². The van der Waals surface area contributed by atoms with Crippen molar-refractivity contribution in [3.05, 3.63) is 17.0 Å². The molecule has 0 saturated carbocycles. The van der Waals surface area contributed by atoms with E-state index < -0.39 is 0 Å². The van der Waals surface area contributed by atoms with Crippen LogP contribution >= 0.6 is 0 Å². The first-order valence-corrected chi connectivity index (χ1v) is 5.79. The standard InChI is InChI=1S/C11H21N5O2/c1-7(10-8(2)16-18-9(10)3)14-11(15-12)13-5-6-17-4/h7H,5-6,12H2,1-4H3,(H2,13,14,15). The van der Waals surface area contributed by atoms with Crippen LogP contribution in [0.25, 0.3) is 0 Å². The summed E-state index contributed by atoms with van der Waals surface area (Å²) in [5.41, 5.74) is 4.41. The van der Waals surface area contributed by atoms with Crippen LogP contribution in [0.3, 0.4) is 0 Å². The Morgan fingerprint density at radius 1 is 1.56 bits per heavy atom. The van der Waals surface area contributed by atoms with Gasteiger partial charge in [-0.2, -0.15) is 0 Å². The number of methoxy groups -OCH3 is 1. The molecule has 1 unspecified atom stereocenters. The fourth-order valence-electron chi connectivity index (χ4n) is 1.77. The van der Waals surface area contributed by atoms with Gasteiger partial charge in [-0.1, -0.05) is 5.16 Å². The maximum atomic E-state index is 5.41. The van der Waals surface area contributed by atoms with Gasteiger partial charge in [0.05, 0.1) is 24.9 Å². The summed E-state index contributed by atoms with van der Waals surface area (Å²) in [5, 5.41) is 7.09. The summed E-state index contributed by atoms with van der Waals surface area (Å²) in [5.74, 6) is 6.72. The zero-order chi connectivity index (χ0) is 13.5. The molecule has 0 aliphatic rings. The summed E-state index contributed by atoms with van der Waals surface area (Å²) >= 11 is 0. The highest BCUT2D eigenvalue weighted by molar-refractivity contribution is 5.79. The second kappa shape index (κ2) is 6.97. The number of guanidine groups is 1. The van der Waals surface area contributed by atoms with E-state index in [-0.39, 0.29) is 6.04 Å². The largest absolute Gasteiger partial charge is 0.383 e. The monoisotopic (exact) mass is 255 g/mol. The van der Waals surface area contributed by atoms with Crippen molar-refractivity contribution in [2.45, 2.75) is 26.8 Å². The van der Waals surface area contributed by atoms with E-state index in [2.05, 4.69) is 20.9 Å². The number of aliphatic imine (C=N–C) groups is 1. The number of nitrogens with one attached hydrogen (secondary N) is 2. The number of rotatable bonds is 5. The van der Waals surface area contributed by atoms with E-state index in [0.29, 0.717) is 19.1 Å². The summed E-state index contributed by atoms with van der Waals surface area (Å²) in [6.45, 7) is 6.87. The van der Waals surface area contributed by atoms with E-state index in [4.69, 9.17) is 15.1 Å². The molecule has 0 radical (unpaired) electrons. The SMILES string of the molecule is COCCN=C(NN)NC(C)c1c(C)noc1C. The van der Waals surface area contributed by atoms with Crippen LogP contribution in [0.5, 0.6) is 0 Å². The quantitative estimate of drug-likeness (QED) is 0.232. The van der Waals surface area contributed by atoms with Gasteiger partial charge in [0.25, 0.3) is 0 Å². The Balaban J connectivity index is 2.67. The summed E-state index contributed by atoms with van der Waals surface area (Å²) in [6.07, 6.45) is 0. The molecule has 18 heavy (non-hydrogen) atoms. The zero-order valence-electron chi connectivity index (χ0n) is 11.3. The number of hydrazine groups is 1. The molecule has 102 valence electrons. The molecule has 0 aromatic carbocycles. The first-order valence-electron chi connectivity index (χ1n) is 5.79. The number of aryl methyl sites for hydroxylation is 2. The van der Waals surface area contributed by atoms with Gasteiger partial charge >= 0.3 is 0 Å². The molecule has 0 aliphatic carbocycles. The number of nitrogens with two attached hydrogens (primary N) is 1. The van der Waals surface area contributed by atoms with Crippen molar-refractivity contribution in [2.24, 2.45) is 10.8 Å². The van der Waals surface area contributed by atoms with E-state index >= 15 is 0 Å². The van der Waals surface area contributed by atoms with Crippen molar-refractivity contribution in [1.82, 2.24) is 15.9 Å². The number of nitrogens with zero attached hydrogens (tertiary/aromatic N) is 2. The van der Waals surface area contributed by atoms with Gasteiger partial charge < -0.3 is 14.6 Å². The van der Waals surface area contributed by atoms with E-state index in [9.17, 15) is 0 Å². The van der Waals surface area contributed by atoms with E-state index in [1.54, 1.807) is 7.11 Å². The Kier molecular flexibility index (Phi) is 5.60. The second-order valence-corrected chi connectivity index (χ2v) is 3.97. The van der Waals surface area contributed by atoms with Gasteiger partial charge in [-0.15, -0.1) is 0 Å². The highest BCUT2D eigenvalue weighted by atomic mass is 16.5. The van der Waals surface area contributed by atoms with Crippen molar-refractivity contribution in [1.29, 1.82) is 0 Å². The molecule has 0 amide bonds. The van der Waals surface area contributed by atoms with Gasteiger partial charge in [-0.05, 0) is 20.8 Å². The lowest BCUT2D eigenvalue weighted by atomic mass is 10.1. The van der Waals surface area contributed by atoms with Crippen LogP contribution in [0.4, 0.5) is 0 Å². The van der Waals surface area contributed by atoms with Crippen LogP contribution in [-0.4, -0.2) is 31.4 Å². The van der Waals surface area contributed by atoms with Crippen LogP contribution in [0.15, 0.2) is 9.52 Å². The Hall–Kier alpha value is -1.60. The Labute approximate surface area is 107 Å². The van der Waals surface area contributed by atoms with Gasteiger partial charge in [0.2, 0.25) is 5.96 Å². The Morgan fingerprint density at radius 2 is 2.28 bits per heavy atom. The molecule has 4 N–H and O–H groups in total. The normalized spacial score (nSPS) is 13.5. The molecule has 1 aromatic rings. The lowest BCUT2D eigenvalue weighted by molar-refractivity contribution is 0.208. The third-order valence-corrected chi connectivity index (χ3v) is 2.58. The first-order chi connectivity index (χ1) is 8.60. The molecular formula is C11H21N5O2. The van der Waals surface area contributed by atoms with Crippen molar-refractivity contribution in [3.63, 3.8) is 0 Å². The molecule has 1 atom stereocenters. The third-order valence-electron chi connectivity index (χ3n) is 2.58. The lowest BCUT2D eigenvalue weighted by Crippen LogP contribution is -2.43. The minimum absolute atomic E-state index is 0.00796. The van der Waals surface area contributed by atoms with Crippen LogP contribution < -0.4 is 16.6 Å². The molecule has 1 heterocycles. The van der Waals surface area contributed by atoms with Crippen molar-refractivity contribution >= 4 is 5.96 Å². The predicted octanol–water partition coefficient (Wildman–Crippen LogP) is 0.408. The van der Waals surface area contributed by atoms with Gasteiger partial charge in [0.15, 0.2) is 0 Å². The molecule has 0 fully saturated rings. The highest BCUT2D eigenvalue weighted by Gasteiger charge is 2.17. The van der Waals surface area contributed by atoms with Gasteiger partial charge in [0, 0.05) is 12.7 Å². The van der Waals surface area contributed by atoms with Crippen LogP contribution in [0.1, 0.15) is 30.0 Å². The second-order valence-electron chi connectivity index (χ2n) is 3.97. The van der Waals surface area contributed by atoms with E-state index in [0.717, 1.165) is 17.0 Å². The molecule has 0 spiro atoms. The Morgan fingerprint density at radius 3 is 2.78 bits per heavy atom. The predicted molar refractivity (Wildman–Crippen MR) is 69.0 cm³/mol. The smallest absolute Gasteiger partial charge is 0.206 e.